The molecule has 2 aliphatic heterocycles. The van der Waals surface area contributed by atoms with Gasteiger partial charge in [0.1, 0.15) is 22.5 Å². The highest BCUT2D eigenvalue weighted by molar-refractivity contribution is 5.98. The predicted molar refractivity (Wildman–Crippen MR) is 155 cm³/mol. The van der Waals surface area contributed by atoms with Crippen molar-refractivity contribution in [3.63, 3.8) is 0 Å². The fourth-order valence-corrected chi connectivity index (χ4v) is 5.97. The zero-order valence-electron chi connectivity index (χ0n) is 25.4. The fraction of sp³-hybridized carbons (Fsp3) is 0.500. The molecule has 5 rings (SSSR count). The molecule has 1 aromatic carbocycles. The Bertz CT molecular complexity index is 1620. The number of oxazole rings is 1. The Labute approximate surface area is 257 Å². The van der Waals surface area contributed by atoms with E-state index in [0.717, 1.165) is 6.07 Å². The number of alkyl halides is 3. The Morgan fingerprint density at radius 1 is 1.04 bits per heavy atom. The summed E-state index contributed by atoms with van der Waals surface area (Å²) in [5.41, 5.74) is 4.01. The lowest BCUT2D eigenvalue weighted by Crippen LogP contribution is -2.63. The van der Waals surface area contributed by atoms with Crippen molar-refractivity contribution in [3.05, 3.63) is 41.4 Å². The zero-order valence-corrected chi connectivity index (χ0v) is 25.4. The van der Waals surface area contributed by atoms with Crippen molar-refractivity contribution < 1.29 is 41.4 Å². The minimum absolute atomic E-state index is 0.00911. The molecule has 0 bridgehead atoms. The van der Waals surface area contributed by atoms with E-state index in [-0.39, 0.29) is 47.2 Å². The second-order valence-corrected chi connectivity index (χ2v) is 11.5. The quantitative estimate of drug-likeness (QED) is 0.381. The Morgan fingerprint density at radius 2 is 1.76 bits per heavy atom. The van der Waals surface area contributed by atoms with E-state index >= 15 is 0 Å². The number of hydrogen-bond acceptors (Lipinski definition) is 9. The number of halogens is 3. The Balaban J connectivity index is 1.35. The van der Waals surface area contributed by atoms with Crippen LogP contribution in [0.4, 0.5) is 18.0 Å². The number of ether oxygens (including phenoxy) is 2. The first kappa shape index (κ1) is 32.0. The van der Waals surface area contributed by atoms with Gasteiger partial charge in [0.15, 0.2) is 11.5 Å². The molecule has 0 radical (unpaired) electrons. The average molecular weight is 633 g/mol. The number of methoxy groups -OCH3 is 2. The molecule has 0 saturated carbocycles. The summed E-state index contributed by atoms with van der Waals surface area (Å²) < 4.78 is 56.1. The average Bonchev–Trinajstić information content (AvgIpc) is 3.47. The number of nitrogens with zero attached hydrogens (tertiary/aromatic N) is 5. The van der Waals surface area contributed by atoms with E-state index in [1.54, 1.807) is 29.7 Å². The van der Waals surface area contributed by atoms with Crippen molar-refractivity contribution in [2.45, 2.75) is 57.4 Å². The molecule has 2 fully saturated rings. The molecule has 12 nitrogen and oxygen atoms in total. The van der Waals surface area contributed by atoms with Gasteiger partial charge in [0.25, 0.3) is 5.91 Å². The number of hydrogen-bond donors (Lipinski definition) is 1. The summed E-state index contributed by atoms with van der Waals surface area (Å²) in [5, 5.41) is 0.294. The van der Waals surface area contributed by atoms with Gasteiger partial charge in [0.05, 0.1) is 20.8 Å². The molecule has 2 N–H and O–H groups in total. The SMILES string of the molecule is COC(=O)C(C)(C)N1CCCN(C2CCN(C(=O)c3nc(-c4ccc(OC)c5nc(C(F)(F)F)ccc45)oc3CN)CC2)C1=O. The number of likely N-dealkylation sites (tertiary alicyclic amines) is 1. The number of carbonyl (C=O) groups excluding carboxylic acids is 3. The van der Waals surface area contributed by atoms with Crippen molar-refractivity contribution in [2.75, 3.05) is 40.4 Å². The monoisotopic (exact) mass is 632 g/mol. The molecule has 2 aromatic heterocycles. The van der Waals surface area contributed by atoms with Gasteiger partial charge in [-0.25, -0.2) is 19.6 Å². The lowest BCUT2D eigenvalue weighted by Gasteiger charge is -2.47. The van der Waals surface area contributed by atoms with Gasteiger partial charge in [0, 0.05) is 43.2 Å². The number of piperidine rings is 1. The van der Waals surface area contributed by atoms with Crippen molar-refractivity contribution in [1.82, 2.24) is 24.7 Å². The van der Waals surface area contributed by atoms with Crippen LogP contribution >= 0.6 is 0 Å². The number of fused-ring (bicyclic) bond motifs is 1. The van der Waals surface area contributed by atoms with E-state index in [4.69, 9.17) is 19.6 Å². The maximum Gasteiger partial charge on any atom is 0.433 e. The van der Waals surface area contributed by atoms with Gasteiger partial charge in [-0.05, 0) is 57.4 Å². The predicted octanol–water partition coefficient (Wildman–Crippen LogP) is 4.06. The third-order valence-electron chi connectivity index (χ3n) is 8.46. The highest BCUT2D eigenvalue weighted by Gasteiger charge is 2.44. The number of pyridine rings is 1. The van der Waals surface area contributed by atoms with Crippen LogP contribution in [-0.4, -0.2) is 94.6 Å². The van der Waals surface area contributed by atoms with Crippen LogP contribution in [0.3, 0.4) is 0 Å². The maximum absolute atomic E-state index is 13.6. The van der Waals surface area contributed by atoms with Gasteiger partial charge in [-0.15, -0.1) is 0 Å². The molecule has 0 aliphatic carbocycles. The zero-order chi connectivity index (χ0) is 32.7. The van der Waals surface area contributed by atoms with E-state index < -0.39 is 29.3 Å². The van der Waals surface area contributed by atoms with Gasteiger partial charge in [-0.3, -0.25) is 4.79 Å². The summed E-state index contributed by atoms with van der Waals surface area (Å²) >= 11 is 0. The lowest BCUT2D eigenvalue weighted by atomic mass is 9.98. The van der Waals surface area contributed by atoms with Crippen molar-refractivity contribution in [1.29, 1.82) is 0 Å². The van der Waals surface area contributed by atoms with Crippen molar-refractivity contribution >= 4 is 28.8 Å². The second kappa shape index (κ2) is 12.2. The molecule has 0 spiro atoms. The Kier molecular flexibility index (Phi) is 8.66. The number of amides is 3. The highest BCUT2D eigenvalue weighted by atomic mass is 19.4. The lowest BCUT2D eigenvalue weighted by molar-refractivity contribution is -0.152. The molecule has 242 valence electrons. The molecule has 0 unspecified atom stereocenters. The molecule has 15 heteroatoms. The molecule has 3 aromatic rings. The van der Waals surface area contributed by atoms with E-state index in [1.165, 1.54) is 31.3 Å². The van der Waals surface area contributed by atoms with Gasteiger partial charge >= 0.3 is 18.2 Å². The third kappa shape index (κ3) is 5.88. The first-order valence-electron chi connectivity index (χ1n) is 14.5. The first-order valence-corrected chi connectivity index (χ1v) is 14.5. The van der Waals surface area contributed by atoms with Crippen molar-refractivity contribution in [2.24, 2.45) is 5.73 Å². The molecular formula is C30H35F3N6O6. The second-order valence-electron chi connectivity index (χ2n) is 11.5. The van der Waals surface area contributed by atoms with Crippen LogP contribution in [0.25, 0.3) is 22.4 Å². The Morgan fingerprint density at radius 3 is 2.38 bits per heavy atom. The Hall–Kier alpha value is -4.40. The van der Waals surface area contributed by atoms with Crippen LogP contribution in [0.5, 0.6) is 5.75 Å². The number of aromatic nitrogens is 2. The summed E-state index contributed by atoms with van der Waals surface area (Å²) in [6, 6.07) is 4.78. The number of esters is 1. The number of rotatable bonds is 7. The normalized spacial score (nSPS) is 16.8. The smallest absolute Gasteiger partial charge is 0.433 e. The van der Waals surface area contributed by atoms with Crippen LogP contribution in [0.2, 0.25) is 0 Å². The largest absolute Gasteiger partial charge is 0.494 e. The molecule has 4 heterocycles. The first-order chi connectivity index (χ1) is 21.3. The molecule has 2 aliphatic rings. The van der Waals surface area contributed by atoms with Gasteiger partial charge < -0.3 is 34.3 Å². The van der Waals surface area contributed by atoms with E-state index in [1.807, 2.05) is 0 Å². The number of carbonyl (C=O) groups is 3. The van der Waals surface area contributed by atoms with Crippen LogP contribution in [0.15, 0.2) is 28.7 Å². The molecule has 2 saturated heterocycles. The van der Waals surface area contributed by atoms with Crippen LogP contribution in [0.1, 0.15) is 55.1 Å². The van der Waals surface area contributed by atoms with Gasteiger partial charge in [-0.1, -0.05) is 0 Å². The topological polar surface area (TPSA) is 144 Å². The summed E-state index contributed by atoms with van der Waals surface area (Å²) in [4.78, 5) is 52.5. The van der Waals surface area contributed by atoms with E-state index in [0.29, 0.717) is 56.4 Å². The van der Waals surface area contributed by atoms with E-state index in [2.05, 4.69) is 9.97 Å². The molecule has 3 amide bonds. The van der Waals surface area contributed by atoms with Gasteiger partial charge in [-0.2, -0.15) is 13.2 Å². The van der Waals surface area contributed by atoms with Crippen LogP contribution in [-0.2, 0) is 22.3 Å². The minimum atomic E-state index is -4.65. The summed E-state index contributed by atoms with van der Waals surface area (Å²) in [6.45, 7) is 4.86. The van der Waals surface area contributed by atoms with E-state index in [9.17, 15) is 27.6 Å². The molecule has 45 heavy (non-hydrogen) atoms. The summed E-state index contributed by atoms with van der Waals surface area (Å²) in [6.07, 6.45) is -2.93. The standard InChI is InChI=1S/C30H35F3N6O6/c1-29(2,27(41)44-4)39-13-5-12-38(28(39)42)17-10-14-37(15-11-17)26(40)24-21(16-34)45-25(36-24)19-6-8-20(43-3)23-18(19)7-9-22(35-23)30(31,32)33/h6-9,17H,5,10-16,34H2,1-4H3. The van der Waals surface area contributed by atoms with Gasteiger partial charge in [0.2, 0.25) is 5.89 Å². The molecule has 0 atom stereocenters. The number of benzene rings is 1. The minimum Gasteiger partial charge on any atom is -0.494 e. The maximum atomic E-state index is 13.6. The van der Waals surface area contributed by atoms with Crippen LogP contribution in [0, 0.1) is 0 Å². The fourth-order valence-electron chi connectivity index (χ4n) is 5.97. The number of urea groups is 1. The third-order valence-corrected chi connectivity index (χ3v) is 8.46. The molecular weight excluding hydrogens is 597 g/mol. The number of nitrogens with two attached hydrogens (primary N) is 1. The van der Waals surface area contributed by atoms with Crippen molar-refractivity contribution in [3.8, 4) is 17.2 Å². The van der Waals surface area contributed by atoms with Crippen LogP contribution < -0.4 is 10.5 Å². The summed E-state index contributed by atoms with van der Waals surface area (Å²) in [7, 11) is 2.62. The summed E-state index contributed by atoms with van der Waals surface area (Å²) in [5.74, 6) is -0.625. The highest BCUT2D eigenvalue weighted by Crippen LogP contribution is 2.37.